The van der Waals surface area contributed by atoms with Crippen LogP contribution in [0.5, 0.6) is 0 Å². The fraction of sp³-hybridized carbons (Fsp3) is 0.533. The number of hydrogen-bond acceptors (Lipinski definition) is 3. The largest absolute Gasteiger partial charge is 0.366 e. The van der Waals surface area contributed by atoms with Crippen LogP contribution in [0.25, 0.3) is 0 Å². The quantitative estimate of drug-likeness (QED) is 0.871. The fourth-order valence-corrected chi connectivity index (χ4v) is 1.62. The highest BCUT2D eigenvalue weighted by atomic mass is 19.1. The molecule has 1 aromatic rings. The number of ether oxygens (including phenoxy) is 1. The van der Waals surface area contributed by atoms with Gasteiger partial charge in [-0.3, -0.25) is 4.79 Å². The Balaban J connectivity index is 2.77. The van der Waals surface area contributed by atoms with E-state index in [9.17, 15) is 9.18 Å². The van der Waals surface area contributed by atoms with Crippen molar-refractivity contribution in [2.45, 2.75) is 32.8 Å². The second kappa shape index (κ2) is 7.36. The number of halogens is 1. The molecule has 1 rings (SSSR count). The van der Waals surface area contributed by atoms with Crippen LogP contribution < -0.4 is 10.6 Å². The SMILES string of the molecule is CC(C)(C)OCC(=O)N(CCCN)c1ccc(F)cc1. The summed E-state index contributed by atoms with van der Waals surface area (Å²) in [5.41, 5.74) is 5.77. The van der Waals surface area contributed by atoms with Crippen LogP contribution in [0.3, 0.4) is 0 Å². The molecule has 1 amide bonds. The number of benzene rings is 1. The summed E-state index contributed by atoms with van der Waals surface area (Å²) < 4.78 is 18.5. The summed E-state index contributed by atoms with van der Waals surface area (Å²) in [7, 11) is 0. The second-order valence-corrected chi connectivity index (χ2v) is 5.57. The van der Waals surface area contributed by atoms with Crippen LogP contribution >= 0.6 is 0 Å². The van der Waals surface area contributed by atoms with Gasteiger partial charge in [0, 0.05) is 12.2 Å². The lowest BCUT2D eigenvalue weighted by molar-refractivity contribution is -0.127. The number of rotatable bonds is 6. The van der Waals surface area contributed by atoms with Crippen molar-refractivity contribution in [3.63, 3.8) is 0 Å². The van der Waals surface area contributed by atoms with Crippen molar-refractivity contribution in [1.29, 1.82) is 0 Å². The van der Waals surface area contributed by atoms with Gasteiger partial charge < -0.3 is 15.4 Å². The molecule has 0 radical (unpaired) electrons. The Morgan fingerprint density at radius 3 is 2.40 bits per heavy atom. The van der Waals surface area contributed by atoms with Crippen LogP contribution in [0.4, 0.5) is 10.1 Å². The summed E-state index contributed by atoms with van der Waals surface area (Å²) in [6.07, 6.45) is 0.679. The van der Waals surface area contributed by atoms with Gasteiger partial charge in [-0.1, -0.05) is 0 Å². The zero-order valence-corrected chi connectivity index (χ0v) is 12.4. The molecule has 0 aliphatic rings. The average molecular weight is 282 g/mol. The third-order valence-electron chi connectivity index (χ3n) is 2.65. The highest BCUT2D eigenvalue weighted by Gasteiger charge is 2.19. The van der Waals surface area contributed by atoms with E-state index in [1.54, 1.807) is 17.0 Å². The molecule has 0 heterocycles. The number of anilines is 1. The third kappa shape index (κ3) is 5.67. The fourth-order valence-electron chi connectivity index (χ4n) is 1.62. The smallest absolute Gasteiger partial charge is 0.253 e. The van der Waals surface area contributed by atoms with Gasteiger partial charge in [0.1, 0.15) is 12.4 Å². The molecule has 1 aromatic carbocycles. The van der Waals surface area contributed by atoms with Crippen LogP contribution in [0.1, 0.15) is 27.2 Å². The van der Waals surface area contributed by atoms with Crippen LogP contribution in [-0.4, -0.2) is 31.2 Å². The van der Waals surface area contributed by atoms with Crippen molar-refractivity contribution in [2.24, 2.45) is 5.73 Å². The van der Waals surface area contributed by atoms with Crippen molar-refractivity contribution in [2.75, 3.05) is 24.6 Å². The van der Waals surface area contributed by atoms with E-state index in [0.717, 1.165) is 0 Å². The Bertz CT molecular complexity index is 426. The molecule has 4 nitrogen and oxygen atoms in total. The van der Waals surface area contributed by atoms with Crippen molar-refractivity contribution < 1.29 is 13.9 Å². The number of carbonyl (C=O) groups excluding carboxylic acids is 1. The minimum absolute atomic E-state index is 0.00848. The van der Waals surface area contributed by atoms with E-state index in [-0.39, 0.29) is 23.9 Å². The Morgan fingerprint density at radius 2 is 1.90 bits per heavy atom. The number of nitrogens with two attached hydrogens (primary N) is 1. The molecule has 0 spiro atoms. The highest BCUT2D eigenvalue weighted by Crippen LogP contribution is 2.16. The minimum Gasteiger partial charge on any atom is -0.366 e. The van der Waals surface area contributed by atoms with Gasteiger partial charge in [-0.15, -0.1) is 0 Å². The molecular weight excluding hydrogens is 259 g/mol. The van der Waals surface area contributed by atoms with Gasteiger partial charge in [-0.05, 0) is 58.0 Å². The summed E-state index contributed by atoms with van der Waals surface area (Å²) >= 11 is 0. The zero-order valence-electron chi connectivity index (χ0n) is 12.4. The van der Waals surface area contributed by atoms with E-state index in [1.165, 1.54) is 12.1 Å². The van der Waals surface area contributed by atoms with Gasteiger partial charge in [0.25, 0.3) is 5.91 Å². The molecule has 0 aromatic heterocycles. The molecule has 0 aliphatic heterocycles. The first-order chi connectivity index (χ1) is 9.33. The predicted molar refractivity (Wildman–Crippen MR) is 78.1 cm³/mol. The number of hydrogen-bond donors (Lipinski definition) is 1. The molecule has 112 valence electrons. The molecule has 5 heteroatoms. The Morgan fingerprint density at radius 1 is 1.30 bits per heavy atom. The molecule has 0 saturated carbocycles. The lowest BCUT2D eigenvalue weighted by Crippen LogP contribution is -2.37. The summed E-state index contributed by atoms with van der Waals surface area (Å²) in [6, 6.07) is 5.84. The van der Waals surface area contributed by atoms with E-state index in [2.05, 4.69) is 0 Å². The minimum atomic E-state index is -0.377. The normalized spacial score (nSPS) is 11.4. The Labute approximate surface area is 119 Å². The second-order valence-electron chi connectivity index (χ2n) is 5.57. The maximum Gasteiger partial charge on any atom is 0.253 e. The monoisotopic (exact) mass is 282 g/mol. The first-order valence-corrected chi connectivity index (χ1v) is 6.73. The summed E-state index contributed by atoms with van der Waals surface area (Å²) in [4.78, 5) is 13.8. The molecule has 0 unspecified atom stereocenters. The lowest BCUT2D eigenvalue weighted by Gasteiger charge is -2.25. The van der Waals surface area contributed by atoms with Crippen LogP contribution in [0.2, 0.25) is 0 Å². The summed E-state index contributed by atoms with van der Waals surface area (Å²) in [6.45, 7) is 6.65. The zero-order chi connectivity index (χ0) is 15.2. The average Bonchev–Trinajstić information content (AvgIpc) is 2.38. The van der Waals surface area contributed by atoms with Gasteiger partial charge >= 0.3 is 0 Å². The molecule has 0 atom stereocenters. The molecule has 0 bridgehead atoms. The number of carbonyl (C=O) groups is 1. The maximum atomic E-state index is 13.0. The van der Waals surface area contributed by atoms with Gasteiger partial charge in [0.15, 0.2) is 0 Å². The first kappa shape index (κ1) is 16.6. The van der Waals surface area contributed by atoms with E-state index < -0.39 is 0 Å². The standard InChI is InChI=1S/C15H23FN2O2/c1-15(2,3)20-11-14(19)18(10-4-9-17)13-7-5-12(16)6-8-13/h5-8H,4,9-11,17H2,1-3H3. The topological polar surface area (TPSA) is 55.6 Å². The molecule has 2 N–H and O–H groups in total. The van der Waals surface area contributed by atoms with Crippen molar-refractivity contribution in [1.82, 2.24) is 0 Å². The van der Waals surface area contributed by atoms with Gasteiger partial charge in [-0.25, -0.2) is 4.39 Å². The third-order valence-corrected chi connectivity index (χ3v) is 2.65. The van der Waals surface area contributed by atoms with E-state index in [0.29, 0.717) is 25.2 Å². The van der Waals surface area contributed by atoms with Gasteiger partial charge in [-0.2, -0.15) is 0 Å². The molecule has 0 fully saturated rings. The van der Waals surface area contributed by atoms with E-state index in [1.807, 2.05) is 20.8 Å². The Kier molecular flexibility index (Phi) is 6.10. The lowest BCUT2D eigenvalue weighted by atomic mass is 10.2. The highest BCUT2D eigenvalue weighted by molar-refractivity contribution is 5.94. The van der Waals surface area contributed by atoms with Crippen molar-refractivity contribution in [3.05, 3.63) is 30.1 Å². The Hall–Kier alpha value is -1.46. The number of amides is 1. The molecular formula is C15H23FN2O2. The van der Waals surface area contributed by atoms with E-state index >= 15 is 0 Å². The van der Waals surface area contributed by atoms with Gasteiger partial charge in [0.2, 0.25) is 0 Å². The summed E-state index contributed by atoms with van der Waals surface area (Å²) in [5.74, 6) is -0.481. The van der Waals surface area contributed by atoms with Crippen LogP contribution in [0.15, 0.2) is 24.3 Å². The van der Waals surface area contributed by atoms with Crippen molar-refractivity contribution in [3.8, 4) is 0 Å². The van der Waals surface area contributed by atoms with Gasteiger partial charge in [0.05, 0.1) is 5.60 Å². The predicted octanol–water partition coefficient (Wildman–Crippen LogP) is 2.32. The molecule has 0 aliphatic carbocycles. The molecule has 20 heavy (non-hydrogen) atoms. The first-order valence-electron chi connectivity index (χ1n) is 6.73. The van der Waals surface area contributed by atoms with Crippen LogP contribution in [0, 0.1) is 5.82 Å². The summed E-state index contributed by atoms with van der Waals surface area (Å²) in [5, 5.41) is 0. The van der Waals surface area contributed by atoms with Crippen molar-refractivity contribution >= 4 is 11.6 Å². The van der Waals surface area contributed by atoms with E-state index in [4.69, 9.17) is 10.5 Å². The maximum absolute atomic E-state index is 13.0. The number of nitrogens with zero attached hydrogens (tertiary/aromatic N) is 1. The van der Waals surface area contributed by atoms with Crippen LogP contribution in [-0.2, 0) is 9.53 Å². The molecule has 0 saturated heterocycles.